The van der Waals surface area contributed by atoms with E-state index in [0.29, 0.717) is 18.2 Å². The molecule has 1 aliphatic carbocycles. The predicted octanol–water partition coefficient (Wildman–Crippen LogP) is 3.74. The van der Waals surface area contributed by atoms with E-state index in [0.717, 1.165) is 50.0 Å². The van der Waals surface area contributed by atoms with E-state index in [4.69, 9.17) is 9.47 Å². The van der Waals surface area contributed by atoms with E-state index in [-0.39, 0.29) is 12.2 Å². The van der Waals surface area contributed by atoms with Gasteiger partial charge in [-0.2, -0.15) is 0 Å². The van der Waals surface area contributed by atoms with Gasteiger partial charge in [0.05, 0.1) is 18.3 Å². The first-order valence-corrected chi connectivity index (χ1v) is 8.97. The molecule has 0 aromatic heterocycles. The molecule has 0 amide bonds. The van der Waals surface area contributed by atoms with Gasteiger partial charge in [-0.15, -0.1) is 0 Å². The lowest BCUT2D eigenvalue weighted by Crippen LogP contribution is -2.36. The Kier molecular flexibility index (Phi) is 5.44. The number of benzene rings is 1. The van der Waals surface area contributed by atoms with Gasteiger partial charge in [0.25, 0.3) is 0 Å². The van der Waals surface area contributed by atoms with E-state index in [9.17, 15) is 5.11 Å². The van der Waals surface area contributed by atoms with Crippen LogP contribution >= 0.6 is 0 Å². The quantitative estimate of drug-likeness (QED) is 0.888. The van der Waals surface area contributed by atoms with E-state index in [1.807, 2.05) is 12.1 Å². The molecule has 4 atom stereocenters. The zero-order valence-electron chi connectivity index (χ0n) is 14.2. The number of rotatable bonds is 4. The maximum absolute atomic E-state index is 10.0. The number of ether oxygens (including phenoxy) is 2. The molecule has 1 aromatic rings. The van der Waals surface area contributed by atoms with E-state index >= 15 is 0 Å². The zero-order chi connectivity index (χ0) is 16.2. The van der Waals surface area contributed by atoms with E-state index in [1.165, 1.54) is 0 Å². The molecule has 0 radical (unpaired) electrons. The normalized spacial score (nSPS) is 34.8. The van der Waals surface area contributed by atoms with Gasteiger partial charge in [0.2, 0.25) is 0 Å². The third kappa shape index (κ3) is 4.61. The fourth-order valence-electron chi connectivity index (χ4n) is 3.78. The average molecular weight is 319 g/mol. The topological polar surface area (TPSA) is 50.7 Å². The molecule has 2 N–H and O–H groups in total. The highest BCUT2D eigenvalue weighted by atomic mass is 16.5. The van der Waals surface area contributed by atoms with Crippen molar-refractivity contribution in [3.8, 4) is 5.75 Å². The van der Waals surface area contributed by atoms with Gasteiger partial charge < -0.3 is 19.9 Å². The van der Waals surface area contributed by atoms with E-state index in [1.54, 1.807) is 0 Å². The summed E-state index contributed by atoms with van der Waals surface area (Å²) in [7, 11) is 0. The Morgan fingerprint density at radius 2 is 1.70 bits per heavy atom. The van der Waals surface area contributed by atoms with Crippen LogP contribution in [0.3, 0.4) is 0 Å². The molecular weight excluding hydrogens is 290 g/mol. The molecular formula is C19H29NO3. The molecule has 23 heavy (non-hydrogen) atoms. The predicted molar refractivity (Wildman–Crippen MR) is 92.0 cm³/mol. The summed E-state index contributed by atoms with van der Waals surface area (Å²) in [6.07, 6.45) is 6.36. The van der Waals surface area contributed by atoms with Crippen LogP contribution in [0, 0.1) is 0 Å². The van der Waals surface area contributed by atoms with Gasteiger partial charge in [0, 0.05) is 11.7 Å². The second-order valence-electron chi connectivity index (χ2n) is 7.10. The SMILES string of the molecule is CC1CC(Nc2ccc(OC3CCCCC3O)cc2)CC(C)O1. The standard InChI is InChI=1S/C19H29NO3/c1-13-11-16(12-14(2)22-13)20-15-7-9-17(10-8-15)23-19-6-4-3-5-18(19)21/h7-10,13-14,16,18-21H,3-6,11-12H2,1-2H3. The summed E-state index contributed by atoms with van der Waals surface area (Å²) >= 11 is 0. The first kappa shape index (κ1) is 16.6. The monoisotopic (exact) mass is 319 g/mol. The average Bonchev–Trinajstić information content (AvgIpc) is 2.50. The number of aliphatic hydroxyl groups is 1. The Hall–Kier alpha value is -1.26. The highest BCUT2D eigenvalue weighted by Crippen LogP contribution is 2.26. The number of anilines is 1. The van der Waals surface area contributed by atoms with Crippen molar-refractivity contribution in [1.82, 2.24) is 0 Å². The number of hydrogen-bond donors (Lipinski definition) is 2. The summed E-state index contributed by atoms with van der Waals surface area (Å²) in [5.74, 6) is 0.843. The van der Waals surface area contributed by atoms with Gasteiger partial charge in [-0.05, 0) is 70.2 Å². The van der Waals surface area contributed by atoms with Crippen LogP contribution in [0.4, 0.5) is 5.69 Å². The van der Waals surface area contributed by atoms with E-state index < -0.39 is 0 Å². The largest absolute Gasteiger partial charge is 0.488 e. The second kappa shape index (κ2) is 7.54. The van der Waals surface area contributed by atoms with Gasteiger partial charge in [-0.25, -0.2) is 0 Å². The molecule has 4 nitrogen and oxygen atoms in total. The van der Waals surface area contributed by atoms with Crippen LogP contribution in [0.2, 0.25) is 0 Å². The van der Waals surface area contributed by atoms with Crippen LogP contribution in [0.15, 0.2) is 24.3 Å². The third-order valence-electron chi connectivity index (χ3n) is 4.88. The Labute approximate surface area is 139 Å². The molecule has 2 fully saturated rings. The first-order valence-electron chi connectivity index (χ1n) is 8.97. The highest BCUT2D eigenvalue weighted by molar-refractivity contribution is 5.47. The van der Waals surface area contributed by atoms with Crippen molar-refractivity contribution < 1.29 is 14.6 Å². The summed E-state index contributed by atoms with van der Waals surface area (Å²) in [5.41, 5.74) is 1.12. The third-order valence-corrected chi connectivity index (χ3v) is 4.88. The smallest absolute Gasteiger partial charge is 0.124 e. The van der Waals surface area contributed by atoms with Crippen molar-refractivity contribution in [2.75, 3.05) is 5.32 Å². The Balaban J connectivity index is 1.54. The maximum Gasteiger partial charge on any atom is 0.124 e. The van der Waals surface area contributed by atoms with Crippen LogP contribution in [0.25, 0.3) is 0 Å². The Morgan fingerprint density at radius 3 is 2.35 bits per heavy atom. The molecule has 0 spiro atoms. The lowest BCUT2D eigenvalue weighted by atomic mass is 9.95. The van der Waals surface area contributed by atoms with Gasteiger partial charge in [-0.1, -0.05) is 6.42 Å². The Morgan fingerprint density at radius 1 is 1.04 bits per heavy atom. The van der Waals surface area contributed by atoms with Crippen molar-refractivity contribution in [2.24, 2.45) is 0 Å². The summed E-state index contributed by atoms with van der Waals surface area (Å²) in [6, 6.07) is 8.58. The van der Waals surface area contributed by atoms with Crippen molar-refractivity contribution >= 4 is 5.69 Å². The van der Waals surface area contributed by atoms with Crippen LogP contribution < -0.4 is 10.1 Å². The summed E-state index contributed by atoms with van der Waals surface area (Å²) in [4.78, 5) is 0. The minimum atomic E-state index is -0.327. The lowest BCUT2D eigenvalue weighted by molar-refractivity contribution is -0.0337. The van der Waals surface area contributed by atoms with Crippen molar-refractivity contribution in [3.05, 3.63) is 24.3 Å². The van der Waals surface area contributed by atoms with Gasteiger partial charge in [-0.3, -0.25) is 0 Å². The highest BCUT2D eigenvalue weighted by Gasteiger charge is 2.25. The first-order chi connectivity index (χ1) is 11.1. The summed E-state index contributed by atoms with van der Waals surface area (Å²) < 4.78 is 11.7. The molecule has 1 saturated heterocycles. The fourth-order valence-corrected chi connectivity index (χ4v) is 3.78. The van der Waals surface area contributed by atoms with Crippen LogP contribution in [-0.4, -0.2) is 35.6 Å². The molecule has 4 unspecified atom stereocenters. The lowest BCUT2D eigenvalue weighted by Gasteiger charge is -2.33. The molecule has 128 valence electrons. The van der Waals surface area contributed by atoms with Crippen molar-refractivity contribution in [3.63, 3.8) is 0 Å². The summed E-state index contributed by atoms with van der Waals surface area (Å²) in [5, 5.41) is 13.6. The minimum absolute atomic E-state index is 0.0558. The second-order valence-corrected chi connectivity index (χ2v) is 7.10. The minimum Gasteiger partial charge on any atom is -0.488 e. The molecule has 2 aliphatic rings. The number of aliphatic hydroxyl groups excluding tert-OH is 1. The van der Waals surface area contributed by atoms with Crippen LogP contribution in [-0.2, 0) is 4.74 Å². The Bertz CT molecular complexity index is 480. The van der Waals surface area contributed by atoms with Gasteiger partial charge >= 0.3 is 0 Å². The zero-order valence-corrected chi connectivity index (χ0v) is 14.2. The number of nitrogens with one attached hydrogen (secondary N) is 1. The molecule has 1 aliphatic heterocycles. The molecule has 1 heterocycles. The molecule has 1 aromatic carbocycles. The molecule has 1 saturated carbocycles. The summed E-state index contributed by atoms with van der Waals surface area (Å²) in [6.45, 7) is 4.27. The maximum atomic E-state index is 10.0. The van der Waals surface area contributed by atoms with Gasteiger partial charge in [0.15, 0.2) is 0 Å². The fraction of sp³-hybridized carbons (Fsp3) is 0.684. The van der Waals surface area contributed by atoms with Crippen LogP contribution in [0.5, 0.6) is 5.75 Å². The number of hydrogen-bond acceptors (Lipinski definition) is 4. The van der Waals surface area contributed by atoms with Crippen LogP contribution in [0.1, 0.15) is 52.4 Å². The molecule has 0 bridgehead atoms. The van der Waals surface area contributed by atoms with Gasteiger partial charge in [0.1, 0.15) is 11.9 Å². The van der Waals surface area contributed by atoms with E-state index in [2.05, 4.69) is 31.3 Å². The molecule has 3 rings (SSSR count). The van der Waals surface area contributed by atoms with Crippen molar-refractivity contribution in [2.45, 2.75) is 82.8 Å². The molecule has 4 heteroatoms. The van der Waals surface area contributed by atoms with Crippen molar-refractivity contribution in [1.29, 1.82) is 0 Å².